The first-order chi connectivity index (χ1) is 23.4. The number of ether oxygens (including phenoxy) is 1. The van der Waals surface area contributed by atoms with Crippen LogP contribution in [0, 0.1) is 5.92 Å². The van der Waals surface area contributed by atoms with E-state index in [1.807, 2.05) is 0 Å². The maximum absolute atomic E-state index is 13.9. The van der Waals surface area contributed by atoms with E-state index in [4.69, 9.17) is 10.5 Å². The Kier molecular flexibility index (Phi) is 13.2. The van der Waals surface area contributed by atoms with Crippen LogP contribution >= 0.6 is 0 Å². The van der Waals surface area contributed by atoms with E-state index in [9.17, 15) is 36.3 Å². The number of aromatic nitrogens is 2. The zero-order chi connectivity index (χ0) is 36.7. The SMILES string of the molecule is CC(C)(C)OC(=O)c1cccc(CC(N)C(=O)NC(Cc2cnc[nH]2)C(=O)N[C@@H](CC2CCCCC2)[C@@H](O)CC2S(=O)(=O)CCCS2(=O)=O)c1. The predicted octanol–water partition coefficient (Wildman–Crippen LogP) is 1.73. The second kappa shape index (κ2) is 16.8. The molecule has 1 saturated heterocycles. The number of nitrogens with zero attached hydrogens (tertiary/aromatic N) is 1. The fraction of sp³-hybridized carbons (Fsp3) is 0.647. The summed E-state index contributed by atoms with van der Waals surface area (Å²) in [4.78, 5) is 46.8. The van der Waals surface area contributed by atoms with Crippen molar-refractivity contribution in [1.29, 1.82) is 0 Å². The molecule has 2 heterocycles. The molecule has 16 heteroatoms. The standard InChI is InChI=1S/C34H51N5O9S2/c1-34(2,3)48-33(43)24-12-7-11-23(15-24)16-26(35)31(41)39-28(18-25-20-36-21-37-25)32(42)38-27(17-22-9-5-4-6-10-22)29(40)19-30-49(44,45)13-8-14-50(30,46)47/h7,11-12,15,20-22,26-30,40H,4-6,8-10,13-14,16-19,35H2,1-3H3,(H,36,37)(H,38,42)(H,39,41)/t26?,27-,28?,29-/m0/s1. The maximum Gasteiger partial charge on any atom is 0.338 e. The number of aliphatic hydroxyl groups is 1. The first-order valence-electron chi connectivity index (χ1n) is 17.2. The minimum absolute atomic E-state index is 0.00392. The molecular formula is C34H51N5O9S2. The topological polar surface area (TPSA) is 228 Å². The average Bonchev–Trinajstić information content (AvgIpc) is 3.55. The van der Waals surface area contributed by atoms with Gasteiger partial charge in [0.05, 0.1) is 41.6 Å². The van der Waals surface area contributed by atoms with Crippen LogP contribution in [0.5, 0.6) is 0 Å². The Morgan fingerprint density at radius 2 is 1.66 bits per heavy atom. The van der Waals surface area contributed by atoms with Crippen molar-refractivity contribution in [3.05, 3.63) is 53.6 Å². The number of H-pyrrole nitrogens is 1. The van der Waals surface area contributed by atoms with Gasteiger partial charge in [0.1, 0.15) is 11.6 Å². The lowest BCUT2D eigenvalue weighted by molar-refractivity contribution is -0.130. The summed E-state index contributed by atoms with van der Waals surface area (Å²) in [6.45, 7) is 5.28. The average molecular weight is 738 g/mol. The molecule has 0 spiro atoms. The van der Waals surface area contributed by atoms with Crippen LogP contribution in [0.15, 0.2) is 36.8 Å². The molecule has 2 unspecified atom stereocenters. The monoisotopic (exact) mass is 737 g/mol. The summed E-state index contributed by atoms with van der Waals surface area (Å²) >= 11 is 0. The van der Waals surface area contributed by atoms with Gasteiger partial charge in [-0.2, -0.15) is 0 Å². The van der Waals surface area contributed by atoms with Crippen LogP contribution in [0.1, 0.15) is 93.8 Å². The number of aliphatic hydroxyl groups excluding tert-OH is 1. The minimum Gasteiger partial charge on any atom is -0.456 e. The summed E-state index contributed by atoms with van der Waals surface area (Å²) in [5.74, 6) is -2.25. The number of aromatic amines is 1. The number of carbonyl (C=O) groups is 3. The number of esters is 1. The molecule has 4 atom stereocenters. The number of hydrogen-bond acceptors (Lipinski definition) is 11. The van der Waals surface area contributed by atoms with Crippen molar-refractivity contribution in [2.75, 3.05) is 11.5 Å². The lowest BCUT2D eigenvalue weighted by Gasteiger charge is -2.33. The van der Waals surface area contributed by atoms with Crippen molar-refractivity contribution in [2.24, 2.45) is 11.7 Å². The smallest absolute Gasteiger partial charge is 0.338 e. The first kappa shape index (κ1) is 39.4. The summed E-state index contributed by atoms with van der Waals surface area (Å²) in [5.41, 5.74) is 7.05. The number of benzene rings is 1. The van der Waals surface area contributed by atoms with Gasteiger partial charge in [-0.25, -0.2) is 26.6 Å². The fourth-order valence-electron chi connectivity index (χ4n) is 6.59. The largest absolute Gasteiger partial charge is 0.456 e. The molecule has 2 amide bonds. The van der Waals surface area contributed by atoms with Crippen LogP contribution in [0.25, 0.3) is 0 Å². The summed E-state index contributed by atoms with van der Waals surface area (Å²) < 4.78 is 54.9. The predicted molar refractivity (Wildman–Crippen MR) is 187 cm³/mol. The molecule has 1 saturated carbocycles. The Bertz CT molecular complexity index is 1650. The highest BCUT2D eigenvalue weighted by Gasteiger charge is 2.44. The van der Waals surface area contributed by atoms with Crippen LogP contribution in [0.4, 0.5) is 0 Å². The molecular weight excluding hydrogens is 687 g/mol. The van der Waals surface area contributed by atoms with Gasteiger partial charge in [-0.1, -0.05) is 44.2 Å². The second-order valence-electron chi connectivity index (χ2n) is 14.5. The number of amides is 2. The van der Waals surface area contributed by atoms with E-state index in [-0.39, 0.29) is 36.7 Å². The van der Waals surface area contributed by atoms with Gasteiger partial charge in [0.2, 0.25) is 11.8 Å². The second-order valence-corrected chi connectivity index (χ2v) is 19.4. The minimum atomic E-state index is -4.01. The molecule has 2 aromatic rings. The number of rotatable bonds is 14. The Balaban J connectivity index is 1.51. The highest BCUT2D eigenvalue weighted by molar-refractivity contribution is 8.09. The van der Waals surface area contributed by atoms with E-state index in [1.165, 1.54) is 12.5 Å². The number of sulfone groups is 2. The summed E-state index contributed by atoms with van der Waals surface area (Å²) in [6, 6.07) is 3.33. The summed E-state index contributed by atoms with van der Waals surface area (Å²) in [7, 11) is -8.01. The lowest BCUT2D eigenvalue weighted by Crippen LogP contribution is -2.57. The van der Waals surface area contributed by atoms with E-state index >= 15 is 0 Å². The number of nitrogens with one attached hydrogen (secondary N) is 3. The molecule has 1 aliphatic carbocycles. The van der Waals surface area contributed by atoms with E-state index in [0.717, 1.165) is 32.1 Å². The Hall–Kier alpha value is -3.34. The third kappa shape index (κ3) is 11.3. The zero-order valence-corrected chi connectivity index (χ0v) is 30.6. The van der Waals surface area contributed by atoms with E-state index in [1.54, 1.807) is 45.0 Å². The van der Waals surface area contributed by atoms with Crippen LogP contribution < -0.4 is 16.4 Å². The molecule has 0 radical (unpaired) electrons. The van der Waals surface area contributed by atoms with Crippen molar-refractivity contribution in [3.63, 3.8) is 0 Å². The molecule has 2 aliphatic rings. The van der Waals surface area contributed by atoms with Gasteiger partial charge in [0, 0.05) is 24.7 Å². The Morgan fingerprint density at radius 3 is 2.28 bits per heavy atom. The molecule has 1 aliphatic heterocycles. The van der Waals surface area contributed by atoms with Gasteiger partial charge in [-0.3, -0.25) is 9.59 Å². The van der Waals surface area contributed by atoms with Crippen LogP contribution in [-0.2, 0) is 46.8 Å². The molecule has 2 fully saturated rings. The van der Waals surface area contributed by atoms with Gasteiger partial charge >= 0.3 is 5.97 Å². The molecule has 1 aromatic heterocycles. The Morgan fingerprint density at radius 1 is 0.980 bits per heavy atom. The van der Waals surface area contributed by atoms with Crippen molar-refractivity contribution >= 4 is 37.5 Å². The van der Waals surface area contributed by atoms with Crippen molar-refractivity contribution in [3.8, 4) is 0 Å². The highest BCUT2D eigenvalue weighted by atomic mass is 32.3. The van der Waals surface area contributed by atoms with Gasteiger partial charge in [-0.15, -0.1) is 0 Å². The molecule has 14 nitrogen and oxygen atoms in total. The van der Waals surface area contributed by atoms with Gasteiger partial charge in [0.15, 0.2) is 24.3 Å². The summed E-state index contributed by atoms with van der Waals surface area (Å²) in [6.07, 6.45) is 6.00. The van der Waals surface area contributed by atoms with Gasteiger partial charge < -0.3 is 31.2 Å². The molecule has 278 valence electrons. The third-order valence-corrected chi connectivity index (χ3v) is 14.6. The quantitative estimate of drug-likeness (QED) is 0.175. The van der Waals surface area contributed by atoms with Crippen LogP contribution in [0.3, 0.4) is 0 Å². The molecule has 0 bridgehead atoms. The maximum atomic E-state index is 13.9. The third-order valence-electron chi connectivity index (χ3n) is 9.16. The molecule has 6 N–H and O–H groups in total. The molecule has 4 rings (SSSR count). The van der Waals surface area contributed by atoms with Gasteiger partial charge in [-0.05, 0) is 63.6 Å². The lowest BCUT2D eigenvalue weighted by atomic mass is 9.83. The number of nitrogens with two attached hydrogens (primary N) is 1. The fourth-order valence-corrected chi connectivity index (χ4v) is 11.7. The van der Waals surface area contributed by atoms with Gasteiger partial charge in [0.25, 0.3) is 0 Å². The molecule has 50 heavy (non-hydrogen) atoms. The van der Waals surface area contributed by atoms with E-state index in [2.05, 4.69) is 20.6 Å². The van der Waals surface area contributed by atoms with E-state index < -0.39 is 78.3 Å². The Labute approximate surface area is 294 Å². The summed E-state index contributed by atoms with van der Waals surface area (Å²) in [5, 5.41) is 16.9. The zero-order valence-electron chi connectivity index (χ0n) is 29.0. The van der Waals surface area contributed by atoms with Crippen molar-refractivity contribution in [2.45, 2.75) is 119 Å². The first-order valence-corrected chi connectivity index (χ1v) is 20.6. The number of hydrogen-bond donors (Lipinski definition) is 5. The van der Waals surface area contributed by atoms with Crippen molar-refractivity contribution < 1.29 is 41.1 Å². The van der Waals surface area contributed by atoms with Crippen LogP contribution in [0.2, 0.25) is 0 Å². The molecule has 1 aromatic carbocycles. The normalized spacial score (nSPS) is 20.6. The van der Waals surface area contributed by atoms with Crippen molar-refractivity contribution in [1.82, 2.24) is 20.6 Å². The van der Waals surface area contributed by atoms with E-state index in [0.29, 0.717) is 23.2 Å². The number of carbonyl (C=O) groups excluding carboxylic acids is 3. The number of imidazole rings is 1. The highest BCUT2D eigenvalue weighted by Crippen LogP contribution is 2.30. The van der Waals surface area contributed by atoms with Crippen LogP contribution in [-0.4, -0.2) is 95.6 Å².